The molecule has 0 amide bonds. The number of rotatable bonds is 8. The first kappa shape index (κ1) is 19.5. The summed E-state index contributed by atoms with van der Waals surface area (Å²) in [7, 11) is 0. The summed E-state index contributed by atoms with van der Waals surface area (Å²) in [6, 6.07) is 24.0. The van der Waals surface area contributed by atoms with E-state index >= 15 is 0 Å². The fourth-order valence-corrected chi connectivity index (χ4v) is 2.76. The molecule has 0 fully saturated rings. The van der Waals surface area contributed by atoms with E-state index in [2.05, 4.69) is 5.32 Å². The lowest BCUT2D eigenvalue weighted by atomic mass is 10.1. The third kappa shape index (κ3) is 5.63. The summed E-state index contributed by atoms with van der Waals surface area (Å²) in [6.45, 7) is 3.27. The molecule has 0 spiro atoms. The van der Waals surface area contributed by atoms with Gasteiger partial charge in [0.1, 0.15) is 5.75 Å². The maximum Gasteiger partial charge on any atom is 0.343 e. The Balaban J connectivity index is 1.52. The topological polar surface area (TPSA) is 55.4 Å². The van der Waals surface area contributed by atoms with Crippen LogP contribution in [0.25, 0.3) is 0 Å². The maximum absolute atomic E-state index is 12.4. The molecule has 4 nitrogen and oxygen atoms in total. The van der Waals surface area contributed by atoms with E-state index in [9.17, 15) is 9.59 Å². The van der Waals surface area contributed by atoms with E-state index in [0.717, 1.165) is 12.1 Å². The van der Waals surface area contributed by atoms with Crippen LogP contribution in [0.2, 0.25) is 0 Å². The standard InChI is InChI=1S/C24H23NO3/c1-18-10-12-20(13-11-18)24(27)28-22-9-5-8-21(16-22)23(26)14-15-25-17-19-6-3-2-4-7-19/h2-13,16,25H,14-15,17H2,1H3. The Morgan fingerprint density at radius 2 is 1.61 bits per heavy atom. The second kappa shape index (κ2) is 9.62. The molecule has 0 radical (unpaired) electrons. The molecule has 0 saturated heterocycles. The molecule has 0 aromatic heterocycles. The zero-order valence-electron chi connectivity index (χ0n) is 15.9. The molecule has 0 heterocycles. The number of aryl methyl sites for hydroxylation is 1. The smallest absolute Gasteiger partial charge is 0.343 e. The molecule has 0 unspecified atom stereocenters. The highest BCUT2D eigenvalue weighted by molar-refractivity contribution is 5.97. The summed E-state index contributed by atoms with van der Waals surface area (Å²) < 4.78 is 5.41. The van der Waals surface area contributed by atoms with Gasteiger partial charge in [-0.25, -0.2) is 4.79 Å². The van der Waals surface area contributed by atoms with Gasteiger partial charge in [0.25, 0.3) is 0 Å². The van der Waals surface area contributed by atoms with Crippen LogP contribution in [-0.2, 0) is 6.54 Å². The molecule has 3 aromatic rings. The fourth-order valence-electron chi connectivity index (χ4n) is 2.76. The first-order valence-corrected chi connectivity index (χ1v) is 9.28. The van der Waals surface area contributed by atoms with Crippen LogP contribution in [0, 0.1) is 6.92 Å². The molecule has 3 aromatic carbocycles. The van der Waals surface area contributed by atoms with Gasteiger partial charge in [-0.05, 0) is 36.8 Å². The van der Waals surface area contributed by atoms with Crippen LogP contribution in [-0.4, -0.2) is 18.3 Å². The lowest BCUT2D eigenvalue weighted by molar-refractivity contribution is 0.0733. The molecule has 0 aliphatic carbocycles. The second-order valence-corrected chi connectivity index (χ2v) is 6.62. The predicted octanol–water partition coefficient (Wildman–Crippen LogP) is 4.58. The molecule has 0 aliphatic heterocycles. The lowest BCUT2D eigenvalue weighted by Crippen LogP contribution is -2.18. The number of carbonyl (C=O) groups excluding carboxylic acids is 2. The minimum atomic E-state index is -0.436. The molecule has 0 bridgehead atoms. The Hall–Kier alpha value is -3.24. The second-order valence-electron chi connectivity index (χ2n) is 6.62. The zero-order valence-corrected chi connectivity index (χ0v) is 15.9. The van der Waals surface area contributed by atoms with E-state index < -0.39 is 5.97 Å². The first-order chi connectivity index (χ1) is 13.6. The van der Waals surface area contributed by atoms with Crippen molar-refractivity contribution in [2.75, 3.05) is 6.54 Å². The summed E-state index contributed by atoms with van der Waals surface area (Å²) in [4.78, 5) is 24.7. The normalized spacial score (nSPS) is 10.5. The number of esters is 1. The number of nitrogens with one attached hydrogen (secondary N) is 1. The largest absolute Gasteiger partial charge is 0.423 e. The van der Waals surface area contributed by atoms with Gasteiger partial charge >= 0.3 is 5.97 Å². The van der Waals surface area contributed by atoms with E-state index in [1.54, 1.807) is 36.4 Å². The van der Waals surface area contributed by atoms with Crippen LogP contribution in [0.4, 0.5) is 0 Å². The number of hydrogen-bond acceptors (Lipinski definition) is 4. The van der Waals surface area contributed by atoms with Gasteiger partial charge in [0.15, 0.2) is 5.78 Å². The van der Waals surface area contributed by atoms with E-state index in [1.165, 1.54) is 5.56 Å². The number of ketones is 1. The number of carbonyl (C=O) groups is 2. The zero-order chi connectivity index (χ0) is 19.8. The molecule has 0 saturated carbocycles. The Kier molecular flexibility index (Phi) is 6.71. The Morgan fingerprint density at radius 1 is 0.857 bits per heavy atom. The summed E-state index contributed by atoms with van der Waals surface area (Å²) in [5.74, 6) is -0.0587. The third-order valence-electron chi connectivity index (χ3n) is 4.35. The van der Waals surface area contributed by atoms with Crippen molar-refractivity contribution in [2.45, 2.75) is 19.9 Å². The average molecular weight is 373 g/mol. The Morgan fingerprint density at radius 3 is 2.36 bits per heavy atom. The van der Waals surface area contributed by atoms with Crippen LogP contribution >= 0.6 is 0 Å². The summed E-state index contributed by atoms with van der Waals surface area (Å²) in [5.41, 5.74) is 3.27. The summed E-state index contributed by atoms with van der Waals surface area (Å²) in [6.07, 6.45) is 0.377. The van der Waals surface area contributed by atoms with Gasteiger partial charge < -0.3 is 10.1 Å². The van der Waals surface area contributed by atoms with Crippen molar-refractivity contribution in [1.29, 1.82) is 0 Å². The maximum atomic E-state index is 12.4. The van der Waals surface area contributed by atoms with Gasteiger partial charge in [-0.3, -0.25) is 4.79 Å². The van der Waals surface area contributed by atoms with Crippen molar-refractivity contribution in [3.8, 4) is 5.75 Å². The number of benzene rings is 3. The molecule has 0 aliphatic rings. The SMILES string of the molecule is Cc1ccc(C(=O)Oc2cccc(C(=O)CCNCc3ccccc3)c2)cc1. The third-order valence-corrected chi connectivity index (χ3v) is 4.35. The summed E-state index contributed by atoms with van der Waals surface area (Å²) >= 11 is 0. The molecular weight excluding hydrogens is 350 g/mol. The van der Waals surface area contributed by atoms with E-state index in [-0.39, 0.29) is 5.78 Å². The van der Waals surface area contributed by atoms with E-state index in [1.807, 2.05) is 49.4 Å². The molecule has 0 atom stereocenters. The van der Waals surface area contributed by atoms with Crippen molar-refractivity contribution < 1.29 is 14.3 Å². The Bertz CT molecular complexity index is 934. The number of ether oxygens (including phenoxy) is 1. The van der Waals surface area contributed by atoms with E-state index in [4.69, 9.17) is 4.74 Å². The van der Waals surface area contributed by atoms with Crippen molar-refractivity contribution in [1.82, 2.24) is 5.32 Å². The molecule has 3 rings (SSSR count). The van der Waals surface area contributed by atoms with Crippen LogP contribution in [0.3, 0.4) is 0 Å². The molecule has 4 heteroatoms. The van der Waals surface area contributed by atoms with Crippen molar-refractivity contribution >= 4 is 11.8 Å². The van der Waals surface area contributed by atoms with Crippen LogP contribution in [0.5, 0.6) is 5.75 Å². The quantitative estimate of drug-likeness (QED) is 0.272. The van der Waals surface area contributed by atoms with Gasteiger partial charge in [-0.15, -0.1) is 0 Å². The highest BCUT2D eigenvalue weighted by atomic mass is 16.5. The minimum Gasteiger partial charge on any atom is -0.423 e. The van der Waals surface area contributed by atoms with E-state index in [0.29, 0.717) is 29.8 Å². The minimum absolute atomic E-state index is 0.00814. The first-order valence-electron chi connectivity index (χ1n) is 9.28. The summed E-state index contributed by atoms with van der Waals surface area (Å²) in [5, 5.41) is 3.27. The molecule has 28 heavy (non-hydrogen) atoms. The molecular formula is C24H23NO3. The van der Waals surface area contributed by atoms with Gasteiger partial charge in [0.2, 0.25) is 0 Å². The molecule has 142 valence electrons. The average Bonchev–Trinajstić information content (AvgIpc) is 2.72. The van der Waals surface area contributed by atoms with Crippen LogP contribution in [0.15, 0.2) is 78.9 Å². The highest BCUT2D eigenvalue weighted by Gasteiger charge is 2.11. The number of Topliss-reactive ketones (excluding diaryl/α,β-unsaturated/α-hetero) is 1. The van der Waals surface area contributed by atoms with Gasteiger partial charge in [0, 0.05) is 25.1 Å². The van der Waals surface area contributed by atoms with Crippen molar-refractivity contribution in [2.24, 2.45) is 0 Å². The van der Waals surface area contributed by atoms with Gasteiger partial charge in [-0.1, -0.05) is 60.2 Å². The fraction of sp³-hybridized carbons (Fsp3) is 0.167. The van der Waals surface area contributed by atoms with Crippen LogP contribution < -0.4 is 10.1 Å². The number of hydrogen-bond donors (Lipinski definition) is 1. The lowest BCUT2D eigenvalue weighted by Gasteiger charge is -2.07. The molecule has 1 N–H and O–H groups in total. The van der Waals surface area contributed by atoms with Crippen molar-refractivity contribution in [3.63, 3.8) is 0 Å². The van der Waals surface area contributed by atoms with Gasteiger partial charge in [-0.2, -0.15) is 0 Å². The van der Waals surface area contributed by atoms with Gasteiger partial charge in [0.05, 0.1) is 5.56 Å². The highest BCUT2D eigenvalue weighted by Crippen LogP contribution is 2.17. The monoisotopic (exact) mass is 373 g/mol. The van der Waals surface area contributed by atoms with Crippen molar-refractivity contribution in [3.05, 3.63) is 101 Å². The van der Waals surface area contributed by atoms with Crippen LogP contribution in [0.1, 0.15) is 38.3 Å². The predicted molar refractivity (Wildman–Crippen MR) is 110 cm³/mol. The Labute approximate surface area is 165 Å².